The Balaban J connectivity index is 3.06. The number of carbonyl (C=O) groups excluding carboxylic acids is 1. The van der Waals surface area contributed by atoms with E-state index in [0.717, 1.165) is 10.8 Å². The fraction of sp³-hybridized carbons (Fsp3) is 0.833. The lowest BCUT2D eigenvalue weighted by Crippen LogP contribution is -2.05. The number of ether oxygens (including phenoxy) is 1. The lowest BCUT2D eigenvalue weighted by atomic mass is 10.3. The van der Waals surface area contributed by atoms with Crippen molar-refractivity contribution in [2.24, 2.45) is 0 Å². The number of hydrogen-bond acceptors (Lipinski definition) is 2. The van der Waals surface area contributed by atoms with Gasteiger partial charge in [0.1, 0.15) is 6.61 Å². The molecule has 0 aliphatic carbocycles. The highest BCUT2D eigenvalue weighted by Crippen LogP contribution is 1.91. The van der Waals surface area contributed by atoms with Crippen molar-refractivity contribution < 1.29 is 9.53 Å². The van der Waals surface area contributed by atoms with Crippen LogP contribution in [0, 0.1) is 0 Å². The SMILES string of the molecule is CCCC(=O)OCCI. The summed E-state index contributed by atoms with van der Waals surface area (Å²) in [5.74, 6) is -0.0748. The van der Waals surface area contributed by atoms with Gasteiger partial charge in [0.15, 0.2) is 0 Å². The van der Waals surface area contributed by atoms with Crippen LogP contribution in [0.1, 0.15) is 19.8 Å². The predicted molar refractivity (Wildman–Crippen MR) is 44.8 cm³/mol. The first-order valence-corrected chi connectivity index (χ1v) is 4.55. The molecule has 0 saturated carbocycles. The van der Waals surface area contributed by atoms with Crippen LogP contribution < -0.4 is 0 Å². The molecular formula is C6H11IO2. The van der Waals surface area contributed by atoms with Gasteiger partial charge in [-0.3, -0.25) is 4.79 Å². The number of rotatable bonds is 4. The van der Waals surface area contributed by atoms with Gasteiger partial charge in [0.25, 0.3) is 0 Å². The summed E-state index contributed by atoms with van der Waals surface area (Å²) in [6, 6.07) is 0. The third kappa shape index (κ3) is 6.08. The van der Waals surface area contributed by atoms with Crippen LogP contribution in [0.5, 0.6) is 0 Å². The van der Waals surface area contributed by atoms with E-state index >= 15 is 0 Å². The van der Waals surface area contributed by atoms with Gasteiger partial charge in [-0.1, -0.05) is 29.5 Å². The molecule has 0 amide bonds. The first-order chi connectivity index (χ1) is 4.31. The number of hydrogen-bond donors (Lipinski definition) is 0. The highest BCUT2D eigenvalue weighted by molar-refractivity contribution is 14.1. The molecule has 0 aliphatic heterocycles. The molecule has 0 aromatic rings. The molecule has 0 bridgehead atoms. The summed E-state index contributed by atoms with van der Waals surface area (Å²) >= 11 is 2.17. The highest BCUT2D eigenvalue weighted by Gasteiger charge is 1.97. The summed E-state index contributed by atoms with van der Waals surface area (Å²) in [6.07, 6.45) is 1.43. The van der Waals surface area contributed by atoms with E-state index in [-0.39, 0.29) is 5.97 Å². The fourth-order valence-electron chi connectivity index (χ4n) is 0.429. The summed E-state index contributed by atoms with van der Waals surface area (Å²) in [5, 5.41) is 0. The van der Waals surface area contributed by atoms with E-state index < -0.39 is 0 Å². The molecule has 0 aromatic carbocycles. The van der Waals surface area contributed by atoms with Gasteiger partial charge in [-0.05, 0) is 6.42 Å². The lowest BCUT2D eigenvalue weighted by Gasteiger charge is -1.98. The van der Waals surface area contributed by atoms with Crippen molar-refractivity contribution in [3.63, 3.8) is 0 Å². The maximum absolute atomic E-state index is 10.6. The van der Waals surface area contributed by atoms with Gasteiger partial charge in [0.2, 0.25) is 0 Å². The third-order valence-corrected chi connectivity index (χ3v) is 1.23. The number of alkyl halides is 1. The Kier molecular flexibility index (Phi) is 6.46. The molecule has 0 spiro atoms. The molecule has 0 rings (SSSR count). The van der Waals surface area contributed by atoms with Crippen LogP contribution in [0.25, 0.3) is 0 Å². The number of carbonyl (C=O) groups is 1. The van der Waals surface area contributed by atoms with Gasteiger partial charge in [-0.2, -0.15) is 0 Å². The molecule has 54 valence electrons. The summed E-state index contributed by atoms with van der Waals surface area (Å²) in [5.41, 5.74) is 0. The van der Waals surface area contributed by atoms with Crippen LogP contribution in [0.4, 0.5) is 0 Å². The Morgan fingerprint density at radius 1 is 1.67 bits per heavy atom. The molecule has 0 aliphatic rings. The summed E-state index contributed by atoms with van der Waals surface area (Å²) in [4.78, 5) is 10.6. The maximum atomic E-state index is 10.6. The minimum atomic E-state index is -0.0748. The van der Waals surface area contributed by atoms with Gasteiger partial charge >= 0.3 is 5.97 Å². The smallest absolute Gasteiger partial charge is 0.305 e. The van der Waals surface area contributed by atoms with E-state index in [0.29, 0.717) is 13.0 Å². The minimum Gasteiger partial charge on any atom is -0.465 e. The number of halogens is 1. The molecule has 0 unspecified atom stereocenters. The van der Waals surface area contributed by atoms with Crippen LogP contribution in [0.3, 0.4) is 0 Å². The second kappa shape index (κ2) is 6.32. The fourth-order valence-corrected chi connectivity index (χ4v) is 0.649. The normalized spacial score (nSPS) is 9.11. The van der Waals surface area contributed by atoms with Crippen molar-refractivity contribution in [2.75, 3.05) is 11.0 Å². The predicted octanol–water partition coefficient (Wildman–Crippen LogP) is 1.76. The third-order valence-electron chi connectivity index (χ3n) is 0.794. The zero-order valence-corrected chi connectivity index (χ0v) is 7.68. The van der Waals surface area contributed by atoms with E-state index in [1.807, 2.05) is 6.92 Å². The largest absolute Gasteiger partial charge is 0.465 e. The van der Waals surface area contributed by atoms with E-state index in [4.69, 9.17) is 4.74 Å². The first kappa shape index (κ1) is 9.20. The number of esters is 1. The van der Waals surface area contributed by atoms with Gasteiger partial charge < -0.3 is 4.74 Å². The van der Waals surface area contributed by atoms with E-state index in [2.05, 4.69) is 22.6 Å². The highest BCUT2D eigenvalue weighted by atomic mass is 127. The van der Waals surface area contributed by atoms with Crippen LogP contribution in [-0.2, 0) is 9.53 Å². The van der Waals surface area contributed by atoms with Crippen molar-refractivity contribution in [2.45, 2.75) is 19.8 Å². The first-order valence-electron chi connectivity index (χ1n) is 3.02. The van der Waals surface area contributed by atoms with Crippen LogP contribution in [-0.4, -0.2) is 17.0 Å². The lowest BCUT2D eigenvalue weighted by molar-refractivity contribution is -0.142. The molecule has 0 fully saturated rings. The van der Waals surface area contributed by atoms with Crippen molar-refractivity contribution in [3.8, 4) is 0 Å². The average Bonchev–Trinajstić information content (AvgIpc) is 1.85. The molecule has 0 heterocycles. The second-order valence-corrected chi connectivity index (χ2v) is 2.74. The van der Waals surface area contributed by atoms with Gasteiger partial charge in [-0.25, -0.2) is 0 Å². The van der Waals surface area contributed by atoms with Crippen molar-refractivity contribution in [1.82, 2.24) is 0 Å². The van der Waals surface area contributed by atoms with E-state index in [1.54, 1.807) is 0 Å². The van der Waals surface area contributed by atoms with E-state index in [1.165, 1.54) is 0 Å². The molecule has 0 saturated heterocycles. The van der Waals surface area contributed by atoms with Crippen molar-refractivity contribution in [3.05, 3.63) is 0 Å². The van der Waals surface area contributed by atoms with Gasteiger partial charge in [0, 0.05) is 10.8 Å². The van der Waals surface area contributed by atoms with E-state index in [9.17, 15) is 4.79 Å². The molecule has 3 heteroatoms. The molecule has 0 aromatic heterocycles. The zero-order chi connectivity index (χ0) is 7.11. The molecule has 0 N–H and O–H groups in total. The molecule has 9 heavy (non-hydrogen) atoms. The van der Waals surface area contributed by atoms with Crippen molar-refractivity contribution >= 4 is 28.6 Å². The molecule has 0 atom stereocenters. The summed E-state index contributed by atoms with van der Waals surface area (Å²) < 4.78 is 5.67. The Labute approximate surface area is 69.1 Å². The van der Waals surface area contributed by atoms with Gasteiger partial charge in [0.05, 0.1) is 0 Å². The average molecular weight is 242 g/mol. The van der Waals surface area contributed by atoms with Crippen molar-refractivity contribution in [1.29, 1.82) is 0 Å². The zero-order valence-electron chi connectivity index (χ0n) is 5.52. The summed E-state index contributed by atoms with van der Waals surface area (Å²) in [6.45, 7) is 2.52. The molecule has 2 nitrogen and oxygen atoms in total. The van der Waals surface area contributed by atoms with Gasteiger partial charge in [-0.15, -0.1) is 0 Å². The molecule has 0 radical (unpaired) electrons. The Bertz CT molecular complexity index is 83.1. The van der Waals surface area contributed by atoms with Crippen LogP contribution in [0.15, 0.2) is 0 Å². The second-order valence-electron chi connectivity index (χ2n) is 1.66. The standard InChI is InChI=1S/C6H11IO2/c1-2-3-6(8)9-5-4-7/h2-5H2,1H3. The summed E-state index contributed by atoms with van der Waals surface area (Å²) in [7, 11) is 0. The Morgan fingerprint density at radius 3 is 2.78 bits per heavy atom. The van der Waals surface area contributed by atoms with Crippen LogP contribution in [0.2, 0.25) is 0 Å². The van der Waals surface area contributed by atoms with Crippen LogP contribution >= 0.6 is 22.6 Å². The topological polar surface area (TPSA) is 26.3 Å². The minimum absolute atomic E-state index is 0.0748. The maximum Gasteiger partial charge on any atom is 0.305 e. The Morgan fingerprint density at radius 2 is 2.33 bits per heavy atom. The quantitative estimate of drug-likeness (QED) is 0.426. The monoisotopic (exact) mass is 242 g/mol. The molecular weight excluding hydrogens is 231 g/mol. The Hall–Kier alpha value is 0.200.